The Kier molecular flexibility index (Phi) is 6.32. The maximum atomic E-state index is 12.3. The highest BCUT2D eigenvalue weighted by atomic mass is 79.9. The van der Waals surface area contributed by atoms with E-state index >= 15 is 0 Å². The summed E-state index contributed by atoms with van der Waals surface area (Å²) in [7, 11) is 1.65. The Morgan fingerprint density at radius 2 is 1.71 bits per heavy atom. The van der Waals surface area contributed by atoms with Crippen LogP contribution in [-0.4, -0.2) is 25.0 Å². The number of ether oxygens (including phenoxy) is 1. The SMILES string of the molecule is C[C@@H](OC(=O)/C=C/c1ccccc1Br)C(=O)N(C)c1ccccc1. The van der Waals surface area contributed by atoms with Gasteiger partial charge in [0.1, 0.15) is 0 Å². The third-order valence-corrected chi connectivity index (χ3v) is 4.14. The molecular formula is C19H18BrNO3. The fraction of sp³-hybridized carbons (Fsp3) is 0.158. The number of esters is 1. The molecule has 0 aliphatic rings. The average molecular weight is 388 g/mol. The van der Waals surface area contributed by atoms with Gasteiger partial charge in [0.05, 0.1) is 0 Å². The summed E-state index contributed by atoms with van der Waals surface area (Å²) in [4.78, 5) is 25.7. The van der Waals surface area contributed by atoms with Gasteiger partial charge >= 0.3 is 5.97 Å². The van der Waals surface area contributed by atoms with Gasteiger partial charge in [-0.1, -0.05) is 52.3 Å². The number of carbonyl (C=O) groups excluding carboxylic acids is 2. The van der Waals surface area contributed by atoms with Gasteiger partial charge in [-0.25, -0.2) is 4.79 Å². The number of likely N-dealkylation sites (N-methyl/N-ethyl adjacent to an activating group) is 1. The van der Waals surface area contributed by atoms with E-state index in [9.17, 15) is 9.59 Å². The second-order valence-electron chi connectivity index (χ2n) is 5.17. The summed E-state index contributed by atoms with van der Waals surface area (Å²) in [6.07, 6.45) is 2.09. The molecule has 0 spiro atoms. The van der Waals surface area contributed by atoms with Crippen LogP contribution in [0.2, 0.25) is 0 Å². The minimum atomic E-state index is -0.869. The zero-order valence-electron chi connectivity index (χ0n) is 13.5. The number of para-hydroxylation sites is 1. The third-order valence-electron chi connectivity index (χ3n) is 3.42. The minimum absolute atomic E-state index is 0.288. The van der Waals surface area contributed by atoms with E-state index in [4.69, 9.17) is 4.74 Å². The molecule has 5 heteroatoms. The van der Waals surface area contributed by atoms with E-state index < -0.39 is 12.1 Å². The Bertz CT molecular complexity index is 743. The van der Waals surface area contributed by atoms with Crippen LogP contribution in [0, 0.1) is 0 Å². The molecule has 0 N–H and O–H groups in total. The van der Waals surface area contributed by atoms with Crippen LogP contribution in [0.25, 0.3) is 6.08 Å². The Morgan fingerprint density at radius 3 is 2.38 bits per heavy atom. The van der Waals surface area contributed by atoms with Gasteiger partial charge in [0, 0.05) is 23.3 Å². The number of hydrogen-bond donors (Lipinski definition) is 0. The smallest absolute Gasteiger partial charge is 0.331 e. The highest BCUT2D eigenvalue weighted by Crippen LogP contribution is 2.17. The highest BCUT2D eigenvalue weighted by molar-refractivity contribution is 9.10. The summed E-state index contributed by atoms with van der Waals surface area (Å²) < 4.78 is 6.06. The van der Waals surface area contributed by atoms with E-state index in [1.54, 1.807) is 20.0 Å². The van der Waals surface area contributed by atoms with Crippen molar-refractivity contribution in [1.29, 1.82) is 0 Å². The molecular weight excluding hydrogens is 370 g/mol. The summed E-state index contributed by atoms with van der Waals surface area (Å²) in [5.41, 5.74) is 1.60. The van der Waals surface area contributed by atoms with Gasteiger partial charge in [0.15, 0.2) is 6.10 Å². The molecule has 124 valence electrons. The van der Waals surface area contributed by atoms with Gasteiger partial charge in [-0.05, 0) is 36.8 Å². The fourth-order valence-electron chi connectivity index (χ4n) is 2.08. The Balaban J connectivity index is 1.96. The van der Waals surface area contributed by atoms with Crippen molar-refractivity contribution < 1.29 is 14.3 Å². The normalized spacial score (nSPS) is 12.0. The second-order valence-corrected chi connectivity index (χ2v) is 6.02. The van der Waals surface area contributed by atoms with Crippen molar-refractivity contribution in [2.24, 2.45) is 0 Å². The largest absolute Gasteiger partial charge is 0.449 e. The van der Waals surface area contributed by atoms with Crippen molar-refractivity contribution >= 4 is 39.6 Å². The molecule has 0 aliphatic heterocycles. The summed E-state index contributed by atoms with van der Waals surface area (Å²) in [6, 6.07) is 16.7. The Morgan fingerprint density at radius 1 is 1.08 bits per heavy atom. The molecule has 0 aromatic heterocycles. The molecule has 0 aliphatic carbocycles. The van der Waals surface area contributed by atoms with Crippen molar-refractivity contribution in [1.82, 2.24) is 0 Å². The first-order chi connectivity index (χ1) is 11.5. The van der Waals surface area contributed by atoms with Gasteiger partial charge in [-0.2, -0.15) is 0 Å². The second kappa shape index (κ2) is 8.45. The lowest BCUT2D eigenvalue weighted by Gasteiger charge is -2.21. The first-order valence-electron chi connectivity index (χ1n) is 7.45. The van der Waals surface area contributed by atoms with E-state index in [2.05, 4.69) is 15.9 Å². The van der Waals surface area contributed by atoms with Crippen LogP contribution in [-0.2, 0) is 14.3 Å². The summed E-state index contributed by atoms with van der Waals surface area (Å²) >= 11 is 3.40. The van der Waals surface area contributed by atoms with Crippen molar-refractivity contribution in [3.05, 3.63) is 70.7 Å². The summed E-state index contributed by atoms with van der Waals surface area (Å²) in [6.45, 7) is 1.56. The van der Waals surface area contributed by atoms with Crippen molar-refractivity contribution in [3.63, 3.8) is 0 Å². The number of nitrogens with zero attached hydrogens (tertiary/aromatic N) is 1. The van der Waals surface area contributed by atoms with E-state index in [0.29, 0.717) is 0 Å². The molecule has 2 aromatic rings. The molecule has 1 atom stereocenters. The van der Waals surface area contributed by atoms with Crippen LogP contribution in [0.1, 0.15) is 12.5 Å². The van der Waals surface area contributed by atoms with Crippen molar-refractivity contribution in [2.75, 3.05) is 11.9 Å². The van der Waals surface area contributed by atoms with Crippen LogP contribution in [0.4, 0.5) is 5.69 Å². The number of halogens is 1. The average Bonchev–Trinajstić information content (AvgIpc) is 2.60. The van der Waals surface area contributed by atoms with Crippen LogP contribution in [0.3, 0.4) is 0 Å². The minimum Gasteiger partial charge on any atom is -0.449 e. The lowest BCUT2D eigenvalue weighted by molar-refractivity contribution is -0.148. The molecule has 2 rings (SSSR count). The molecule has 0 fully saturated rings. The molecule has 0 saturated heterocycles. The van der Waals surface area contributed by atoms with E-state index in [1.165, 1.54) is 11.0 Å². The maximum Gasteiger partial charge on any atom is 0.331 e. The van der Waals surface area contributed by atoms with E-state index in [0.717, 1.165) is 15.7 Å². The predicted octanol–water partition coefficient (Wildman–Crippen LogP) is 4.06. The molecule has 0 heterocycles. The Hall–Kier alpha value is -2.40. The monoisotopic (exact) mass is 387 g/mol. The molecule has 4 nitrogen and oxygen atoms in total. The standard InChI is InChI=1S/C19H18BrNO3/c1-14(19(23)21(2)16-9-4-3-5-10-16)24-18(22)13-12-15-8-6-7-11-17(15)20/h3-14H,1-2H3/b13-12+/t14-/m1/s1. The van der Waals surface area contributed by atoms with Crippen LogP contribution < -0.4 is 4.90 Å². The molecule has 0 unspecified atom stereocenters. The highest BCUT2D eigenvalue weighted by Gasteiger charge is 2.21. The van der Waals surface area contributed by atoms with Gasteiger partial charge < -0.3 is 9.64 Å². The molecule has 0 radical (unpaired) electrons. The third kappa shape index (κ3) is 4.80. The predicted molar refractivity (Wildman–Crippen MR) is 98.6 cm³/mol. The van der Waals surface area contributed by atoms with Crippen LogP contribution in [0.5, 0.6) is 0 Å². The van der Waals surface area contributed by atoms with Crippen molar-refractivity contribution in [3.8, 4) is 0 Å². The van der Waals surface area contributed by atoms with Gasteiger partial charge in [-0.15, -0.1) is 0 Å². The topological polar surface area (TPSA) is 46.6 Å². The van der Waals surface area contributed by atoms with Crippen molar-refractivity contribution in [2.45, 2.75) is 13.0 Å². The van der Waals surface area contributed by atoms with Crippen LogP contribution in [0.15, 0.2) is 65.1 Å². The van der Waals surface area contributed by atoms with E-state index in [1.807, 2.05) is 54.6 Å². The van der Waals surface area contributed by atoms with Gasteiger partial charge in [0.25, 0.3) is 5.91 Å². The van der Waals surface area contributed by atoms with Gasteiger partial charge in [-0.3, -0.25) is 4.79 Å². The molecule has 0 saturated carbocycles. The van der Waals surface area contributed by atoms with Gasteiger partial charge in [0.2, 0.25) is 0 Å². The quantitative estimate of drug-likeness (QED) is 0.573. The number of anilines is 1. The zero-order valence-corrected chi connectivity index (χ0v) is 15.1. The molecule has 2 aromatic carbocycles. The first-order valence-corrected chi connectivity index (χ1v) is 8.24. The number of benzene rings is 2. The molecule has 1 amide bonds. The van der Waals surface area contributed by atoms with E-state index in [-0.39, 0.29) is 5.91 Å². The summed E-state index contributed by atoms with van der Waals surface area (Å²) in [5.74, 6) is -0.850. The molecule has 24 heavy (non-hydrogen) atoms. The fourth-order valence-corrected chi connectivity index (χ4v) is 2.50. The maximum absolute atomic E-state index is 12.3. The lowest BCUT2D eigenvalue weighted by atomic mass is 10.2. The number of rotatable bonds is 5. The number of hydrogen-bond acceptors (Lipinski definition) is 3. The zero-order chi connectivity index (χ0) is 17.5. The van der Waals surface area contributed by atoms with Crippen LogP contribution >= 0.6 is 15.9 Å². The lowest BCUT2D eigenvalue weighted by Crippen LogP contribution is -2.37. The summed E-state index contributed by atoms with van der Waals surface area (Å²) in [5, 5.41) is 0. The molecule has 0 bridgehead atoms. The first kappa shape index (κ1) is 17.9. The number of carbonyl (C=O) groups is 2. The Labute approximate surface area is 149 Å². The number of amides is 1.